The predicted octanol–water partition coefficient (Wildman–Crippen LogP) is 4.15. The van der Waals surface area contributed by atoms with Crippen LogP contribution in [-0.2, 0) is 10.4 Å². The topological polar surface area (TPSA) is 52.6 Å². The molecule has 1 saturated heterocycles. The van der Waals surface area contributed by atoms with Crippen LogP contribution in [0, 0.1) is 17.8 Å². The summed E-state index contributed by atoms with van der Waals surface area (Å²) in [5, 5.41) is 15.4. The van der Waals surface area contributed by atoms with E-state index in [-0.39, 0.29) is 17.9 Å². The van der Waals surface area contributed by atoms with Crippen LogP contribution >= 0.6 is 0 Å². The van der Waals surface area contributed by atoms with Gasteiger partial charge in [0.05, 0.1) is 6.54 Å². The van der Waals surface area contributed by atoms with Crippen molar-refractivity contribution in [3.63, 3.8) is 0 Å². The van der Waals surface area contributed by atoms with Crippen LogP contribution < -0.4 is 5.32 Å². The molecule has 1 amide bonds. The van der Waals surface area contributed by atoms with Crippen molar-refractivity contribution in [3.8, 4) is 11.8 Å². The number of hydrogen-bond acceptors (Lipinski definition) is 3. The van der Waals surface area contributed by atoms with E-state index >= 15 is 0 Å². The molecule has 4 nitrogen and oxygen atoms in total. The molecule has 3 aliphatic rings. The first-order valence-electron chi connectivity index (χ1n) is 12.2. The maximum atomic E-state index is 14.1. The third-order valence-electron chi connectivity index (χ3n) is 7.29. The van der Waals surface area contributed by atoms with Gasteiger partial charge in [-0.3, -0.25) is 4.79 Å². The van der Waals surface area contributed by atoms with Crippen LogP contribution in [0.4, 0.5) is 0 Å². The molecule has 1 aliphatic heterocycles. The fourth-order valence-electron chi connectivity index (χ4n) is 5.46. The number of carbonyl (C=O) groups excluding carboxylic acids is 1. The Morgan fingerprint density at radius 3 is 2.48 bits per heavy atom. The van der Waals surface area contributed by atoms with E-state index < -0.39 is 5.60 Å². The zero-order chi connectivity index (χ0) is 21.5. The molecule has 0 radical (unpaired) electrons. The number of allylic oxidation sites excluding steroid dienone is 2. The first kappa shape index (κ1) is 22.1. The second kappa shape index (κ2) is 10.5. The first-order chi connectivity index (χ1) is 15.2. The number of rotatable bonds is 5. The number of aliphatic hydroxyl groups is 1. The molecule has 0 aromatic heterocycles. The fraction of sp³-hybridized carbons (Fsp3) is 0.593. The quantitative estimate of drug-likeness (QED) is 0.704. The average Bonchev–Trinajstić information content (AvgIpc) is 3.38. The number of piperidine rings is 1. The summed E-state index contributed by atoms with van der Waals surface area (Å²) in [4.78, 5) is 16.0. The Morgan fingerprint density at radius 1 is 1.06 bits per heavy atom. The Kier molecular flexibility index (Phi) is 7.48. The second-order valence-corrected chi connectivity index (χ2v) is 9.30. The Balaban J connectivity index is 1.63. The van der Waals surface area contributed by atoms with Crippen molar-refractivity contribution >= 4 is 5.91 Å². The van der Waals surface area contributed by atoms with E-state index in [4.69, 9.17) is 0 Å². The molecule has 1 saturated carbocycles. The smallest absolute Gasteiger partial charge is 0.260 e. The Hall–Kier alpha value is -2.09. The molecule has 2 aliphatic carbocycles. The van der Waals surface area contributed by atoms with Gasteiger partial charge in [0.25, 0.3) is 5.91 Å². The number of carbonyl (C=O) groups is 1. The summed E-state index contributed by atoms with van der Waals surface area (Å²) < 4.78 is 0. The van der Waals surface area contributed by atoms with Gasteiger partial charge in [-0.05, 0) is 75.6 Å². The summed E-state index contributed by atoms with van der Waals surface area (Å²) in [5.41, 5.74) is 0.473. The van der Waals surface area contributed by atoms with Gasteiger partial charge in [0.15, 0.2) is 5.60 Å². The van der Waals surface area contributed by atoms with E-state index in [9.17, 15) is 9.90 Å². The van der Waals surface area contributed by atoms with Gasteiger partial charge in [-0.1, -0.05) is 61.1 Å². The van der Waals surface area contributed by atoms with Crippen molar-refractivity contribution < 1.29 is 9.90 Å². The number of nitrogens with one attached hydrogen (secondary N) is 1. The molecule has 2 N–H and O–H groups in total. The van der Waals surface area contributed by atoms with Crippen LogP contribution in [0.1, 0.15) is 69.8 Å². The molecule has 0 bridgehead atoms. The van der Waals surface area contributed by atoms with Crippen LogP contribution in [-0.4, -0.2) is 41.6 Å². The lowest BCUT2D eigenvalue weighted by atomic mass is 9.78. The maximum Gasteiger partial charge on any atom is 0.260 e. The van der Waals surface area contributed by atoms with Gasteiger partial charge in [-0.25, -0.2) is 0 Å². The molecular formula is C27H36N2O2. The maximum absolute atomic E-state index is 14.1. The van der Waals surface area contributed by atoms with Crippen molar-refractivity contribution in [3.05, 3.63) is 47.5 Å². The molecule has 31 heavy (non-hydrogen) atoms. The number of benzene rings is 1. The van der Waals surface area contributed by atoms with E-state index in [1.165, 1.54) is 18.4 Å². The highest BCUT2D eigenvalue weighted by Crippen LogP contribution is 2.42. The Morgan fingerprint density at radius 2 is 1.81 bits per heavy atom. The predicted molar refractivity (Wildman–Crippen MR) is 124 cm³/mol. The normalized spacial score (nSPS) is 22.2. The highest BCUT2D eigenvalue weighted by atomic mass is 16.3. The van der Waals surface area contributed by atoms with Crippen LogP contribution in [0.3, 0.4) is 0 Å². The largest absolute Gasteiger partial charge is 0.375 e. The number of amides is 1. The van der Waals surface area contributed by atoms with Crippen molar-refractivity contribution in [2.45, 2.75) is 75.9 Å². The molecular weight excluding hydrogens is 384 g/mol. The summed E-state index contributed by atoms with van der Waals surface area (Å²) in [5.74, 6) is 6.45. The highest BCUT2D eigenvalue weighted by Gasteiger charge is 2.49. The van der Waals surface area contributed by atoms with Crippen molar-refractivity contribution in [1.29, 1.82) is 0 Å². The van der Waals surface area contributed by atoms with Crippen LogP contribution in [0.25, 0.3) is 0 Å². The third kappa shape index (κ3) is 5.05. The van der Waals surface area contributed by atoms with Gasteiger partial charge >= 0.3 is 0 Å². The Labute approximate surface area is 187 Å². The first-order valence-corrected chi connectivity index (χ1v) is 12.2. The standard InChI is InChI=1S/C27H36N2O2/c30-26(27(31,24-15-7-8-16-24)23-13-5-2-6-14-23)29(25-17-19-28-20-18-25)21-9-12-22-10-3-1-4-11-22/h2,5-6,10,13-14,24-25,28,31H,1,3-4,7-8,11,15-21H2. The van der Waals surface area contributed by atoms with Gasteiger partial charge < -0.3 is 15.3 Å². The summed E-state index contributed by atoms with van der Waals surface area (Å²) in [6.07, 6.45) is 12.6. The summed E-state index contributed by atoms with van der Waals surface area (Å²) >= 11 is 0. The van der Waals surface area contributed by atoms with E-state index in [0.717, 1.165) is 70.0 Å². The number of hydrogen-bond donors (Lipinski definition) is 2. The molecule has 4 heteroatoms. The van der Waals surface area contributed by atoms with E-state index in [1.807, 2.05) is 35.2 Å². The molecule has 166 valence electrons. The van der Waals surface area contributed by atoms with Gasteiger partial charge in [-0.15, -0.1) is 0 Å². The van der Waals surface area contributed by atoms with Gasteiger partial charge in [0.1, 0.15) is 0 Å². The zero-order valence-corrected chi connectivity index (χ0v) is 18.6. The summed E-state index contributed by atoms with van der Waals surface area (Å²) in [6, 6.07) is 9.74. The van der Waals surface area contributed by atoms with Gasteiger partial charge in [0.2, 0.25) is 0 Å². The van der Waals surface area contributed by atoms with E-state index in [2.05, 4.69) is 23.2 Å². The second-order valence-electron chi connectivity index (χ2n) is 9.30. The van der Waals surface area contributed by atoms with E-state index in [0.29, 0.717) is 6.54 Å². The Bertz CT molecular complexity index is 826. The molecule has 1 aromatic carbocycles. The molecule has 1 aromatic rings. The lowest BCUT2D eigenvalue weighted by Gasteiger charge is -2.41. The van der Waals surface area contributed by atoms with Crippen molar-refractivity contribution in [2.24, 2.45) is 5.92 Å². The highest BCUT2D eigenvalue weighted by molar-refractivity contribution is 5.87. The zero-order valence-electron chi connectivity index (χ0n) is 18.6. The lowest BCUT2D eigenvalue weighted by Crippen LogP contribution is -2.56. The fourth-order valence-corrected chi connectivity index (χ4v) is 5.46. The minimum atomic E-state index is -1.46. The number of nitrogens with zero attached hydrogens (tertiary/aromatic N) is 1. The molecule has 1 atom stereocenters. The molecule has 4 rings (SSSR count). The van der Waals surface area contributed by atoms with Crippen molar-refractivity contribution in [2.75, 3.05) is 19.6 Å². The van der Waals surface area contributed by atoms with Crippen molar-refractivity contribution in [1.82, 2.24) is 10.2 Å². The molecule has 0 spiro atoms. The third-order valence-corrected chi connectivity index (χ3v) is 7.29. The van der Waals surface area contributed by atoms with Crippen LogP contribution in [0.15, 0.2) is 42.0 Å². The van der Waals surface area contributed by atoms with Gasteiger partial charge in [0, 0.05) is 12.0 Å². The summed E-state index contributed by atoms with van der Waals surface area (Å²) in [7, 11) is 0. The molecule has 1 heterocycles. The van der Waals surface area contributed by atoms with Crippen LogP contribution in [0.5, 0.6) is 0 Å². The molecule has 1 unspecified atom stereocenters. The average molecular weight is 421 g/mol. The molecule has 2 fully saturated rings. The minimum absolute atomic E-state index is 0.0272. The minimum Gasteiger partial charge on any atom is -0.375 e. The monoisotopic (exact) mass is 420 g/mol. The SMILES string of the molecule is O=C(N(CC#CC1=CCCCC1)C1CCNCC1)C(O)(c1ccccc1)C1CCCC1. The van der Waals surface area contributed by atoms with Gasteiger partial charge in [-0.2, -0.15) is 0 Å². The van der Waals surface area contributed by atoms with Crippen LogP contribution in [0.2, 0.25) is 0 Å². The van der Waals surface area contributed by atoms with E-state index in [1.54, 1.807) is 0 Å². The lowest BCUT2D eigenvalue weighted by molar-refractivity contribution is -0.161. The summed E-state index contributed by atoms with van der Waals surface area (Å²) in [6.45, 7) is 2.20.